The predicted octanol–water partition coefficient (Wildman–Crippen LogP) is 2.35. The largest absolute Gasteiger partial charge is 0.326 e. The monoisotopic (exact) mass is 277 g/mol. The molecule has 20 heavy (non-hydrogen) atoms. The Morgan fingerprint density at radius 1 is 1.10 bits per heavy atom. The maximum atomic E-state index is 11.9. The van der Waals surface area contributed by atoms with E-state index in [1.165, 1.54) is 0 Å². The third-order valence-corrected chi connectivity index (χ3v) is 2.82. The zero-order chi connectivity index (χ0) is 15.1. The molecule has 1 aromatic rings. The number of carbonyl (C=O) groups is 2. The van der Waals surface area contributed by atoms with Crippen molar-refractivity contribution in [1.82, 2.24) is 0 Å². The van der Waals surface area contributed by atoms with Gasteiger partial charge < -0.3 is 16.4 Å². The molecule has 0 aliphatic carbocycles. The van der Waals surface area contributed by atoms with Gasteiger partial charge in [-0.2, -0.15) is 0 Å². The topological polar surface area (TPSA) is 84.2 Å². The van der Waals surface area contributed by atoms with E-state index in [1.807, 2.05) is 13.8 Å². The second-order valence-corrected chi connectivity index (χ2v) is 5.20. The number of nitrogens with two attached hydrogens (primary N) is 1. The Kier molecular flexibility index (Phi) is 6.18. The molecule has 0 aliphatic rings. The Bertz CT molecular complexity index is 455. The van der Waals surface area contributed by atoms with Crippen molar-refractivity contribution in [2.45, 2.75) is 39.7 Å². The van der Waals surface area contributed by atoms with Crippen molar-refractivity contribution in [1.29, 1.82) is 0 Å². The maximum absolute atomic E-state index is 11.9. The lowest BCUT2D eigenvalue weighted by Gasteiger charge is -2.14. The SMILES string of the molecule is CCC(=O)Nc1ccc(NC(=O)C(N)CC(C)C)cc1. The molecule has 1 rings (SSSR count). The Hall–Kier alpha value is -1.88. The first-order chi connectivity index (χ1) is 9.42. The van der Waals surface area contributed by atoms with Crippen molar-refractivity contribution in [2.24, 2.45) is 11.7 Å². The van der Waals surface area contributed by atoms with Crippen molar-refractivity contribution in [3.63, 3.8) is 0 Å². The maximum Gasteiger partial charge on any atom is 0.241 e. The smallest absolute Gasteiger partial charge is 0.241 e. The summed E-state index contributed by atoms with van der Waals surface area (Å²) < 4.78 is 0. The first kappa shape index (κ1) is 16.2. The lowest BCUT2D eigenvalue weighted by molar-refractivity contribution is -0.118. The van der Waals surface area contributed by atoms with Crippen LogP contribution in [0.4, 0.5) is 11.4 Å². The molecule has 0 saturated carbocycles. The van der Waals surface area contributed by atoms with Gasteiger partial charge >= 0.3 is 0 Å². The average molecular weight is 277 g/mol. The first-order valence-electron chi connectivity index (χ1n) is 6.88. The summed E-state index contributed by atoms with van der Waals surface area (Å²) in [6.07, 6.45) is 1.08. The van der Waals surface area contributed by atoms with E-state index in [0.717, 1.165) is 0 Å². The van der Waals surface area contributed by atoms with Gasteiger partial charge in [0.25, 0.3) is 0 Å². The van der Waals surface area contributed by atoms with Gasteiger partial charge in [0.15, 0.2) is 0 Å². The van der Waals surface area contributed by atoms with Gasteiger partial charge in [-0.15, -0.1) is 0 Å². The summed E-state index contributed by atoms with van der Waals surface area (Å²) in [7, 11) is 0. The molecule has 1 atom stereocenters. The van der Waals surface area contributed by atoms with Crippen LogP contribution in [0.3, 0.4) is 0 Å². The van der Waals surface area contributed by atoms with Gasteiger partial charge in [-0.05, 0) is 36.6 Å². The summed E-state index contributed by atoms with van der Waals surface area (Å²) >= 11 is 0. The highest BCUT2D eigenvalue weighted by molar-refractivity contribution is 5.95. The van der Waals surface area contributed by atoms with Crippen molar-refractivity contribution in [2.75, 3.05) is 10.6 Å². The Labute approximate surface area is 119 Å². The third-order valence-electron chi connectivity index (χ3n) is 2.82. The third kappa shape index (κ3) is 5.40. The predicted molar refractivity (Wildman–Crippen MR) is 81.4 cm³/mol. The number of benzene rings is 1. The summed E-state index contributed by atoms with van der Waals surface area (Å²) in [6, 6.07) is 6.47. The fraction of sp³-hybridized carbons (Fsp3) is 0.467. The Morgan fingerprint density at radius 3 is 2.05 bits per heavy atom. The lowest BCUT2D eigenvalue weighted by atomic mass is 10.0. The molecule has 4 N–H and O–H groups in total. The van der Waals surface area contributed by atoms with Crippen LogP contribution in [0, 0.1) is 5.92 Å². The van der Waals surface area contributed by atoms with Crippen LogP contribution >= 0.6 is 0 Å². The highest BCUT2D eigenvalue weighted by Crippen LogP contribution is 2.14. The van der Waals surface area contributed by atoms with E-state index in [4.69, 9.17) is 5.73 Å². The highest BCUT2D eigenvalue weighted by atomic mass is 16.2. The number of hydrogen-bond donors (Lipinski definition) is 3. The second kappa shape index (κ2) is 7.65. The van der Waals surface area contributed by atoms with E-state index < -0.39 is 6.04 Å². The van der Waals surface area contributed by atoms with E-state index >= 15 is 0 Å². The van der Waals surface area contributed by atoms with Crippen LogP contribution in [-0.2, 0) is 9.59 Å². The molecule has 5 nitrogen and oxygen atoms in total. The van der Waals surface area contributed by atoms with Gasteiger partial charge in [-0.3, -0.25) is 9.59 Å². The van der Waals surface area contributed by atoms with E-state index in [-0.39, 0.29) is 11.8 Å². The molecule has 0 aliphatic heterocycles. The quantitative estimate of drug-likeness (QED) is 0.746. The molecule has 2 amide bonds. The van der Waals surface area contributed by atoms with Crippen LogP contribution in [0.5, 0.6) is 0 Å². The Morgan fingerprint density at radius 2 is 1.60 bits per heavy atom. The minimum atomic E-state index is -0.505. The summed E-state index contributed by atoms with van der Waals surface area (Å²) in [4.78, 5) is 23.1. The molecule has 0 bridgehead atoms. The van der Waals surface area contributed by atoms with Crippen LogP contribution < -0.4 is 16.4 Å². The van der Waals surface area contributed by atoms with Crippen LogP contribution in [0.1, 0.15) is 33.6 Å². The fourth-order valence-corrected chi connectivity index (χ4v) is 1.74. The van der Waals surface area contributed by atoms with E-state index in [0.29, 0.717) is 30.1 Å². The average Bonchev–Trinajstić information content (AvgIpc) is 2.40. The van der Waals surface area contributed by atoms with Crippen LogP contribution in [0.15, 0.2) is 24.3 Å². The standard InChI is InChI=1S/C15H23N3O2/c1-4-14(19)17-11-5-7-12(8-6-11)18-15(20)13(16)9-10(2)3/h5-8,10,13H,4,9,16H2,1-3H3,(H,17,19)(H,18,20). The molecule has 110 valence electrons. The number of carbonyl (C=O) groups excluding carboxylic acids is 2. The molecule has 5 heteroatoms. The molecular weight excluding hydrogens is 254 g/mol. The zero-order valence-electron chi connectivity index (χ0n) is 12.3. The number of nitrogens with one attached hydrogen (secondary N) is 2. The number of hydrogen-bond acceptors (Lipinski definition) is 3. The van der Waals surface area contributed by atoms with Crippen LogP contribution in [-0.4, -0.2) is 17.9 Å². The molecule has 0 radical (unpaired) electrons. The van der Waals surface area contributed by atoms with Gasteiger partial charge in [-0.1, -0.05) is 20.8 Å². The highest BCUT2D eigenvalue weighted by Gasteiger charge is 2.14. The number of amides is 2. The van der Waals surface area contributed by atoms with Gasteiger partial charge in [0.1, 0.15) is 0 Å². The normalized spacial score (nSPS) is 12.1. The number of anilines is 2. The molecule has 0 spiro atoms. The van der Waals surface area contributed by atoms with Crippen molar-refractivity contribution in [3.8, 4) is 0 Å². The molecule has 0 aromatic heterocycles. The zero-order valence-corrected chi connectivity index (χ0v) is 12.3. The molecule has 0 fully saturated rings. The molecule has 0 heterocycles. The van der Waals surface area contributed by atoms with E-state index in [2.05, 4.69) is 10.6 Å². The van der Waals surface area contributed by atoms with Crippen molar-refractivity contribution >= 4 is 23.2 Å². The Balaban J connectivity index is 2.56. The van der Waals surface area contributed by atoms with Gasteiger partial charge in [-0.25, -0.2) is 0 Å². The minimum absolute atomic E-state index is 0.0410. The van der Waals surface area contributed by atoms with E-state index in [1.54, 1.807) is 31.2 Å². The minimum Gasteiger partial charge on any atom is -0.326 e. The molecule has 0 saturated heterocycles. The summed E-state index contributed by atoms with van der Waals surface area (Å²) in [5, 5.41) is 5.51. The first-order valence-corrected chi connectivity index (χ1v) is 6.88. The molecular formula is C15H23N3O2. The number of rotatable bonds is 6. The fourth-order valence-electron chi connectivity index (χ4n) is 1.74. The van der Waals surface area contributed by atoms with Gasteiger partial charge in [0.2, 0.25) is 11.8 Å². The van der Waals surface area contributed by atoms with E-state index in [9.17, 15) is 9.59 Å². The summed E-state index contributed by atoms with van der Waals surface area (Å²) in [5.74, 6) is 0.146. The van der Waals surface area contributed by atoms with Crippen LogP contribution in [0.25, 0.3) is 0 Å². The van der Waals surface area contributed by atoms with Gasteiger partial charge in [0, 0.05) is 17.8 Å². The molecule has 1 unspecified atom stereocenters. The second-order valence-electron chi connectivity index (χ2n) is 5.20. The summed E-state index contributed by atoms with van der Waals surface area (Å²) in [6.45, 7) is 5.84. The van der Waals surface area contributed by atoms with Crippen molar-refractivity contribution in [3.05, 3.63) is 24.3 Å². The summed E-state index contributed by atoms with van der Waals surface area (Å²) in [5.41, 5.74) is 7.19. The van der Waals surface area contributed by atoms with Gasteiger partial charge in [0.05, 0.1) is 6.04 Å². The van der Waals surface area contributed by atoms with Crippen molar-refractivity contribution < 1.29 is 9.59 Å². The molecule has 1 aromatic carbocycles. The van der Waals surface area contributed by atoms with Crippen LogP contribution in [0.2, 0.25) is 0 Å². The lowest BCUT2D eigenvalue weighted by Crippen LogP contribution is -2.36.